The summed E-state index contributed by atoms with van der Waals surface area (Å²) < 4.78 is 8.52. The molecule has 3 aromatic heterocycles. The molecule has 0 fully saturated rings. The van der Waals surface area contributed by atoms with Gasteiger partial charge in [-0.25, -0.2) is 9.97 Å². The summed E-state index contributed by atoms with van der Waals surface area (Å²) in [6, 6.07) is 54.4. The Morgan fingerprint density at radius 3 is 2.06 bits per heavy atom. The smallest absolute Gasteiger partial charge is 0.235 e. The molecule has 0 saturated carbocycles. The summed E-state index contributed by atoms with van der Waals surface area (Å²) in [5, 5.41) is 10.4. The fraction of sp³-hybridized carbons (Fsp3) is 0.0612. The van der Waals surface area contributed by atoms with E-state index in [0.29, 0.717) is 5.95 Å². The first-order valence-corrected chi connectivity index (χ1v) is 18.2. The van der Waals surface area contributed by atoms with Gasteiger partial charge in [-0.3, -0.25) is 4.57 Å². The van der Waals surface area contributed by atoms with Crippen molar-refractivity contribution in [3.8, 4) is 28.3 Å². The molecule has 1 aliphatic carbocycles. The highest BCUT2D eigenvalue weighted by atomic mass is 16.3. The van der Waals surface area contributed by atoms with Gasteiger partial charge in [-0.05, 0) is 86.9 Å². The highest BCUT2D eigenvalue weighted by Crippen LogP contribution is 2.53. The summed E-state index contributed by atoms with van der Waals surface area (Å²) in [6.07, 6.45) is 0. The van der Waals surface area contributed by atoms with Gasteiger partial charge in [-0.2, -0.15) is 0 Å². The normalized spacial score (nSPS) is 13.6. The van der Waals surface area contributed by atoms with Crippen LogP contribution in [0.4, 0.5) is 0 Å². The van der Waals surface area contributed by atoms with E-state index in [9.17, 15) is 0 Å². The number of para-hydroxylation sites is 2. The van der Waals surface area contributed by atoms with Crippen LogP contribution in [0.3, 0.4) is 0 Å². The van der Waals surface area contributed by atoms with Gasteiger partial charge in [0.15, 0.2) is 0 Å². The molecular weight excluding hydrogens is 647 g/mol. The van der Waals surface area contributed by atoms with Gasteiger partial charge in [-0.15, -0.1) is 0 Å². The molecule has 248 valence electrons. The minimum absolute atomic E-state index is 0.199. The Bertz CT molecular complexity index is 3380. The van der Waals surface area contributed by atoms with E-state index in [2.05, 4.69) is 158 Å². The summed E-state index contributed by atoms with van der Waals surface area (Å²) in [4.78, 5) is 11.0. The predicted molar refractivity (Wildman–Crippen MR) is 219 cm³/mol. The fourth-order valence-corrected chi connectivity index (χ4v) is 9.32. The van der Waals surface area contributed by atoms with E-state index in [-0.39, 0.29) is 5.41 Å². The Kier molecular flexibility index (Phi) is 5.54. The number of rotatable bonds is 2. The number of benzene rings is 8. The third-order valence-electron chi connectivity index (χ3n) is 11.8. The molecule has 3 heterocycles. The van der Waals surface area contributed by atoms with E-state index in [1.807, 2.05) is 12.1 Å². The van der Waals surface area contributed by atoms with Gasteiger partial charge in [0, 0.05) is 43.3 Å². The van der Waals surface area contributed by atoms with Gasteiger partial charge < -0.3 is 4.42 Å². The largest absolute Gasteiger partial charge is 0.456 e. The van der Waals surface area contributed by atoms with Crippen LogP contribution in [0.25, 0.3) is 105 Å². The standard InChI is InChI=1S/C49H31N3O/c1-49(2)40-27-42-38(26-37(40)35-22-19-28-11-3-5-13-31(28)45(35)49)33-15-7-9-17-41(33)52(42)48-50-46(36-23-20-29-12-4-6-14-32(29)47(36)51-48)30-21-24-44-39(25-30)34-16-8-10-18-43(34)53-44/h3-27H,1-2H3. The van der Waals surface area contributed by atoms with Crippen LogP contribution < -0.4 is 0 Å². The van der Waals surface area contributed by atoms with Crippen molar-refractivity contribution in [1.82, 2.24) is 14.5 Å². The predicted octanol–water partition coefficient (Wildman–Crippen LogP) is 12.9. The molecule has 4 nitrogen and oxygen atoms in total. The molecule has 0 aliphatic heterocycles. The average Bonchev–Trinajstić information content (AvgIpc) is 3.81. The van der Waals surface area contributed by atoms with Crippen molar-refractivity contribution in [1.29, 1.82) is 0 Å². The molecule has 0 spiro atoms. The molecule has 12 rings (SSSR count). The number of nitrogens with zero attached hydrogens (tertiary/aromatic N) is 3. The SMILES string of the molecule is CC1(C)c2cc3c(cc2-c2ccc4ccccc4c21)c1ccccc1n3-c1nc(-c2ccc3oc4ccccc4c3c2)c2ccc3ccccc3c2n1. The van der Waals surface area contributed by atoms with Crippen molar-refractivity contribution in [2.45, 2.75) is 19.3 Å². The summed E-state index contributed by atoms with van der Waals surface area (Å²) in [5.74, 6) is 0.658. The Balaban J connectivity index is 1.18. The molecule has 0 radical (unpaired) electrons. The molecule has 0 amide bonds. The maximum Gasteiger partial charge on any atom is 0.235 e. The number of aromatic nitrogens is 3. The molecule has 0 bridgehead atoms. The Morgan fingerprint density at radius 1 is 0.491 bits per heavy atom. The first-order chi connectivity index (χ1) is 26.0. The van der Waals surface area contributed by atoms with Crippen molar-refractivity contribution in [3.05, 3.63) is 163 Å². The van der Waals surface area contributed by atoms with Crippen LogP contribution in [-0.2, 0) is 5.41 Å². The first kappa shape index (κ1) is 28.9. The van der Waals surface area contributed by atoms with E-state index in [1.165, 1.54) is 43.8 Å². The van der Waals surface area contributed by atoms with Crippen LogP contribution in [0.2, 0.25) is 0 Å². The second-order valence-corrected chi connectivity index (χ2v) is 15.0. The number of furan rings is 1. The zero-order valence-corrected chi connectivity index (χ0v) is 29.2. The third-order valence-corrected chi connectivity index (χ3v) is 11.8. The van der Waals surface area contributed by atoms with Crippen LogP contribution >= 0.6 is 0 Å². The van der Waals surface area contributed by atoms with E-state index < -0.39 is 0 Å². The maximum atomic E-state index is 6.23. The van der Waals surface area contributed by atoms with Gasteiger partial charge in [0.2, 0.25) is 5.95 Å². The van der Waals surface area contributed by atoms with Gasteiger partial charge in [-0.1, -0.05) is 117 Å². The van der Waals surface area contributed by atoms with E-state index in [1.54, 1.807) is 0 Å². The van der Waals surface area contributed by atoms with Crippen LogP contribution in [0.5, 0.6) is 0 Å². The highest BCUT2D eigenvalue weighted by molar-refractivity contribution is 6.14. The minimum Gasteiger partial charge on any atom is -0.456 e. The van der Waals surface area contributed by atoms with Crippen molar-refractivity contribution < 1.29 is 4.42 Å². The Labute approximate surface area is 304 Å². The van der Waals surface area contributed by atoms with Crippen LogP contribution in [0, 0.1) is 0 Å². The van der Waals surface area contributed by atoms with Crippen LogP contribution in [0.15, 0.2) is 156 Å². The molecule has 11 aromatic rings. The van der Waals surface area contributed by atoms with E-state index in [4.69, 9.17) is 14.4 Å². The van der Waals surface area contributed by atoms with Crippen LogP contribution in [0.1, 0.15) is 25.0 Å². The monoisotopic (exact) mass is 677 g/mol. The molecule has 0 saturated heterocycles. The quantitative estimate of drug-likeness (QED) is 0.171. The molecular formula is C49H31N3O. The summed E-state index contributed by atoms with van der Waals surface area (Å²) in [6.45, 7) is 4.74. The lowest BCUT2D eigenvalue weighted by atomic mass is 9.80. The van der Waals surface area contributed by atoms with E-state index in [0.717, 1.165) is 65.9 Å². The Morgan fingerprint density at radius 2 is 1.19 bits per heavy atom. The van der Waals surface area contributed by atoms with Crippen molar-refractivity contribution >= 4 is 76.2 Å². The second kappa shape index (κ2) is 10.2. The lowest BCUT2D eigenvalue weighted by Gasteiger charge is -2.23. The molecule has 8 aromatic carbocycles. The zero-order valence-electron chi connectivity index (χ0n) is 29.2. The second-order valence-electron chi connectivity index (χ2n) is 15.0. The summed E-state index contributed by atoms with van der Waals surface area (Å²) >= 11 is 0. The average molecular weight is 678 g/mol. The molecule has 4 heteroatoms. The van der Waals surface area contributed by atoms with Gasteiger partial charge >= 0.3 is 0 Å². The first-order valence-electron chi connectivity index (χ1n) is 18.2. The van der Waals surface area contributed by atoms with Crippen molar-refractivity contribution in [2.75, 3.05) is 0 Å². The lowest BCUT2D eigenvalue weighted by Crippen LogP contribution is -2.15. The number of hydrogen-bond acceptors (Lipinski definition) is 3. The fourth-order valence-electron chi connectivity index (χ4n) is 9.32. The topological polar surface area (TPSA) is 43.9 Å². The van der Waals surface area contributed by atoms with Gasteiger partial charge in [0.1, 0.15) is 11.2 Å². The lowest BCUT2D eigenvalue weighted by molar-refractivity contribution is 0.666. The van der Waals surface area contributed by atoms with E-state index >= 15 is 0 Å². The molecule has 0 N–H and O–H groups in total. The van der Waals surface area contributed by atoms with Crippen LogP contribution in [-0.4, -0.2) is 14.5 Å². The maximum absolute atomic E-state index is 6.23. The summed E-state index contributed by atoms with van der Waals surface area (Å²) in [7, 11) is 0. The van der Waals surface area contributed by atoms with Crippen molar-refractivity contribution in [2.24, 2.45) is 0 Å². The van der Waals surface area contributed by atoms with Gasteiger partial charge in [0.25, 0.3) is 0 Å². The third kappa shape index (κ3) is 3.84. The molecule has 1 aliphatic rings. The molecule has 0 unspecified atom stereocenters. The zero-order chi connectivity index (χ0) is 35.0. The van der Waals surface area contributed by atoms with Gasteiger partial charge in [0.05, 0.1) is 22.2 Å². The number of fused-ring (bicyclic) bond motifs is 14. The number of hydrogen-bond donors (Lipinski definition) is 0. The summed E-state index contributed by atoms with van der Waals surface area (Å²) in [5.41, 5.74) is 12.0. The molecule has 0 atom stereocenters. The van der Waals surface area contributed by atoms with Crippen molar-refractivity contribution in [3.63, 3.8) is 0 Å². The Hall–Kier alpha value is -6.78. The highest BCUT2D eigenvalue weighted by Gasteiger charge is 2.38. The minimum atomic E-state index is -0.199. The molecule has 53 heavy (non-hydrogen) atoms.